The molecule has 148 valence electrons. The Hall–Kier alpha value is -3.56. The molecule has 1 atom stereocenters. The fourth-order valence-electron chi connectivity index (χ4n) is 3.65. The summed E-state index contributed by atoms with van der Waals surface area (Å²) in [7, 11) is 0. The van der Waals surface area contributed by atoms with Crippen LogP contribution in [0.1, 0.15) is 39.4 Å². The summed E-state index contributed by atoms with van der Waals surface area (Å²) in [6, 6.07) is 8.24. The van der Waals surface area contributed by atoms with Gasteiger partial charge in [-0.25, -0.2) is 9.97 Å². The summed E-state index contributed by atoms with van der Waals surface area (Å²) >= 11 is 0. The smallest absolute Gasteiger partial charge is 0.437 e. The van der Waals surface area contributed by atoms with Crippen LogP contribution in [-0.4, -0.2) is 32.3 Å². The first kappa shape index (κ1) is 17.5. The minimum atomic E-state index is -4.81. The maximum atomic E-state index is 13.2. The van der Waals surface area contributed by atoms with E-state index in [1.165, 1.54) is 11.2 Å². The molecule has 4 heterocycles. The Kier molecular flexibility index (Phi) is 3.76. The second-order valence-electron chi connectivity index (χ2n) is 6.63. The fourth-order valence-corrected chi connectivity index (χ4v) is 3.65. The monoisotopic (exact) mass is 402 g/mol. The van der Waals surface area contributed by atoms with E-state index in [4.69, 9.17) is 8.83 Å². The van der Waals surface area contributed by atoms with Gasteiger partial charge in [-0.1, -0.05) is 18.2 Å². The molecule has 5 rings (SSSR count). The summed E-state index contributed by atoms with van der Waals surface area (Å²) in [6.07, 6.45) is -2.28. The number of nitrogens with zero attached hydrogens (tertiary/aromatic N) is 3. The molecule has 0 spiro atoms. The minimum absolute atomic E-state index is 0.160. The predicted octanol–water partition coefficient (Wildman–Crippen LogP) is 3.95. The number of halogens is 3. The molecule has 1 aromatic carbocycles. The van der Waals surface area contributed by atoms with Crippen molar-refractivity contribution in [2.45, 2.75) is 18.6 Å². The molecular weight excluding hydrogens is 389 g/mol. The average molecular weight is 402 g/mol. The number of rotatable bonds is 2. The molecule has 0 aliphatic carbocycles. The summed E-state index contributed by atoms with van der Waals surface area (Å²) in [6.45, 7) is 0.160. The van der Waals surface area contributed by atoms with Crippen molar-refractivity contribution < 1.29 is 26.8 Å². The number of amides is 1. The van der Waals surface area contributed by atoms with Crippen LogP contribution in [0.25, 0.3) is 11.0 Å². The Labute approximate surface area is 161 Å². The Balaban J connectivity index is 1.62. The SMILES string of the molecule is O=C(c1ocnc1C(F)(F)F)N1CCc2[nH]cnc2[C@H]1c1cc2ccccc2o1. The Morgan fingerprint density at radius 1 is 1.24 bits per heavy atom. The number of furan rings is 1. The van der Waals surface area contributed by atoms with Gasteiger partial charge in [-0.15, -0.1) is 0 Å². The van der Waals surface area contributed by atoms with Crippen LogP contribution >= 0.6 is 0 Å². The zero-order valence-electron chi connectivity index (χ0n) is 14.7. The quantitative estimate of drug-likeness (QED) is 0.549. The van der Waals surface area contributed by atoms with E-state index in [-0.39, 0.29) is 6.54 Å². The van der Waals surface area contributed by atoms with Crippen molar-refractivity contribution in [2.24, 2.45) is 0 Å². The van der Waals surface area contributed by atoms with Crippen LogP contribution in [0.4, 0.5) is 13.2 Å². The van der Waals surface area contributed by atoms with Crippen LogP contribution in [0.2, 0.25) is 0 Å². The summed E-state index contributed by atoms with van der Waals surface area (Å²) in [5.41, 5.74) is 0.580. The lowest BCUT2D eigenvalue weighted by Crippen LogP contribution is -2.41. The molecule has 10 heteroatoms. The number of alkyl halides is 3. The lowest BCUT2D eigenvalue weighted by atomic mass is 9.99. The summed E-state index contributed by atoms with van der Waals surface area (Å²) in [4.78, 5) is 24.8. The maximum absolute atomic E-state index is 13.2. The highest BCUT2D eigenvalue weighted by molar-refractivity contribution is 5.93. The Morgan fingerprint density at radius 3 is 2.86 bits per heavy atom. The number of aromatic amines is 1. The number of hydrogen-bond donors (Lipinski definition) is 1. The molecule has 0 saturated carbocycles. The molecule has 0 radical (unpaired) electrons. The van der Waals surface area contributed by atoms with Gasteiger partial charge in [0.15, 0.2) is 12.1 Å². The number of para-hydroxylation sites is 1. The minimum Gasteiger partial charge on any atom is -0.458 e. The fraction of sp³-hybridized carbons (Fsp3) is 0.211. The van der Waals surface area contributed by atoms with Crippen molar-refractivity contribution in [2.75, 3.05) is 6.54 Å². The molecule has 3 aromatic heterocycles. The lowest BCUT2D eigenvalue weighted by Gasteiger charge is -2.33. The standard InChI is InChI=1S/C19H13F3N4O3/c20-19(21,22)17-16(28-9-25-17)18(27)26-6-5-11-14(24-8-23-11)15(26)13-7-10-3-1-2-4-12(10)29-13/h1-4,7-9,15H,5-6H2,(H,23,24)/t15-/m1/s1. The summed E-state index contributed by atoms with van der Waals surface area (Å²) in [5, 5.41) is 0.813. The maximum Gasteiger partial charge on any atom is 0.437 e. The van der Waals surface area contributed by atoms with Gasteiger partial charge in [0.2, 0.25) is 5.76 Å². The van der Waals surface area contributed by atoms with E-state index in [0.717, 1.165) is 11.1 Å². The van der Waals surface area contributed by atoms with Crippen LogP contribution in [-0.2, 0) is 12.6 Å². The topological polar surface area (TPSA) is 88.2 Å². The van der Waals surface area contributed by atoms with Crippen LogP contribution in [0.3, 0.4) is 0 Å². The molecule has 0 fully saturated rings. The first-order valence-corrected chi connectivity index (χ1v) is 8.76. The zero-order valence-corrected chi connectivity index (χ0v) is 14.7. The number of imidazole rings is 1. The summed E-state index contributed by atoms with van der Waals surface area (Å²) < 4.78 is 50.4. The summed E-state index contributed by atoms with van der Waals surface area (Å²) in [5.74, 6) is -1.37. The predicted molar refractivity (Wildman–Crippen MR) is 92.9 cm³/mol. The van der Waals surface area contributed by atoms with Crippen molar-refractivity contribution in [3.8, 4) is 0 Å². The van der Waals surface area contributed by atoms with E-state index in [1.807, 2.05) is 18.2 Å². The van der Waals surface area contributed by atoms with Gasteiger partial charge in [0.25, 0.3) is 5.91 Å². The van der Waals surface area contributed by atoms with E-state index < -0.39 is 29.6 Å². The number of carbonyl (C=O) groups is 1. The number of nitrogens with one attached hydrogen (secondary N) is 1. The molecule has 7 nitrogen and oxygen atoms in total. The first-order valence-electron chi connectivity index (χ1n) is 8.76. The third kappa shape index (κ3) is 2.79. The number of fused-ring (bicyclic) bond motifs is 2. The van der Waals surface area contributed by atoms with E-state index in [9.17, 15) is 18.0 Å². The Morgan fingerprint density at radius 2 is 2.07 bits per heavy atom. The van der Waals surface area contributed by atoms with Gasteiger partial charge in [-0.3, -0.25) is 4.79 Å². The van der Waals surface area contributed by atoms with Crippen LogP contribution in [0.5, 0.6) is 0 Å². The molecule has 1 aliphatic rings. The highest BCUT2D eigenvalue weighted by Crippen LogP contribution is 2.38. The van der Waals surface area contributed by atoms with Gasteiger partial charge in [0.05, 0.1) is 12.0 Å². The van der Waals surface area contributed by atoms with Gasteiger partial charge in [-0.05, 0) is 12.1 Å². The van der Waals surface area contributed by atoms with Gasteiger partial charge >= 0.3 is 6.18 Å². The highest BCUT2D eigenvalue weighted by atomic mass is 19.4. The van der Waals surface area contributed by atoms with E-state index in [2.05, 4.69) is 15.0 Å². The van der Waals surface area contributed by atoms with Crippen molar-refractivity contribution in [3.63, 3.8) is 0 Å². The molecule has 29 heavy (non-hydrogen) atoms. The molecular formula is C19H13F3N4O3. The van der Waals surface area contributed by atoms with E-state index >= 15 is 0 Å². The molecule has 0 bridgehead atoms. The van der Waals surface area contributed by atoms with Crippen molar-refractivity contribution in [3.05, 3.63) is 71.7 Å². The van der Waals surface area contributed by atoms with Gasteiger partial charge in [0, 0.05) is 24.0 Å². The number of benzene rings is 1. The zero-order chi connectivity index (χ0) is 20.2. The number of H-pyrrole nitrogens is 1. The van der Waals surface area contributed by atoms with Crippen molar-refractivity contribution >= 4 is 16.9 Å². The Bertz CT molecular complexity index is 1170. The van der Waals surface area contributed by atoms with Gasteiger partial charge in [-0.2, -0.15) is 13.2 Å². The normalized spacial score (nSPS) is 16.9. The first-order chi connectivity index (χ1) is 13.9. The van der Waals surface area contributed by atoms with Crippen LogP contribution in [0.15, 0.2) is 51.9 Å². The number of hydrogen-bond acceptors (Lipinski definition) is 5. The number of aromatic nitrogens is 3. The second kappa shape index (κ2) is 6.23. The second-order valence-corrected chi connectivity index (χ2v) is 6.63. The van der Waals surface area contributed by atoms with Gasteiger partial charge < -0.3 is 18.7 Å². The molecule has 1 N–H and O–H groups in total. The molecule has 0 saturated heterocycles. The van der Waals surface area contributed by atoms with E-state index in [0.29, 0.717) is 29.9 Å². The van der Waals surface area contributed by atoms with Crippen LogP contribution < -0.4 is 0 Å². The van der Waals surface area contributed by atoms with Crippen LogP contribution in [0, 0.1) is 0 Å². The van der Waals surface area contributed by atoms with E-state index in [1.54, 1.807) is 12.1 Å². The highest BCUT2D eigenvalue weighted by Gasteiger charge is 2.44. The molecule has 1 amide bonds. The average Bonchev–Trinajstić information content (AvgIpc) is 3.44. The third-order valence-corrected chi connectivity index (χ3v) is 4.93. The largest absolute Gasteiger partial charge is 0.458 e. The number of oxazole rings is 1. The van der Waals surface area contributed by atoms with Crippen molar-refractivity contribution in [1.82, 2.24) is 19.9 Å². The van der Waals surface area contributed by atoms with Crippen molar-refractivity contribution in [1.29, 1.82) is 0 Å². The molecule has 0 unspecified atom stereocenters. The lowest BCUT2D eigenvalue weighted by molar-refractivity contribution is -0.141. The van der Waals surface area contributed by atoms with Gasteiger partial charge in [0.1, 0.15) is 17.4 Å². The molecule has 1 aliphatic heterocycles. The molecule has 4 aromatic rings. The third-order valence-electron chi connectivity index (χ3n) is 4.93. The number of carbonyl (C=O) groups excluding carboxylic acids is 1.